The Balaban J connectivity index is 0.000000272. The maximum atomic E-state index is 5.72. The van der Waals surface area contributed by atoms with Crippen molar-refractivity contribution in [2.45, 2.75) is 97.6 Å². The van der Waals surface area contributed by atoms with Gasteiger partial charge in [-0.3, -0.25) is 0 Å². The number of hydrogen-bond acceptors (Lipinski definition) is 2. The SMILES string of the molecule is CC(C)Oc1ccccc1[CH]=[Ru][Cl].CC(C)c1cccc(C(C)C)c1N1[CH-]C(C)(c2ccccc2)CC1(C)C. The normalized spacial score (nSPS) is 18.8. The monoisotopic (exact) mass is 633 g/mol. The molecule has 0 radical (unpaired) electrons. The Hall–Kier alpha value is -1.96. The number of anilines is 1. The van der Waals surface area contributed by atoms with Crippen molar-refractivity contribution in [2.75, 3.05) is 4.90 Å². The summed E-state index contributed by atoms with van der Waals surface area (Å²) in [6, 6.07) is 25.8. The first-order chi connectivity index (χ1) is 18.4. The molecule has 1 fully saturated rings. The van der Waals surface area contributed by atoms with Crippen LogP contribution in [0.2, 0.25) is 0 Å². The molecule has 3 aromatic carbocycles. The second-order valence-electron chi connectivity index (χ2n) is 12.2. The Morgan fingerprint density at radius 2 is 1.38 bits per heavy atom. The van der Waals surface area contributed by atoms with Crippen molar-refractivity contribution in [1.82, 2.24) is 0 Å². The van der Waals surface area contributed by atoms with Gasteiger partial charge < -0.3 is 4.90 Å². The number of para-hydroxylation sites is 2. The minimum Gasteiger partial charge on any atom is -0.517 e. The van der Waals surface area contributed by atoms with Crippen LogP contribution < -0.4 is 9.64 Å². The largest absolute Gasteiger partial charge is 0.517 e. The molecule has 0 N–H and O–H groups in total. The molecule has 1 heterocycles. The van der Waals surface area contributed by atoms with E-state index >= 15 is 0 Å². The summed E-state index contributed by atoms with van der Waals surface area (Å²) in [5.41, 5.74) is 6.99. The summed E-state index contributed by atoms with van der Waals surface area (Å²) in [6.45, 7) is 22.9. The number of benzene rings is 3. The zero-order valence-electron chi connectivity index (χ0n) is 25.1. The molecule has 1 saturated heterocycles. The van der Waals surface area contributed by atoms with Crippen molar-refractivity contribution in [3.8, 4) is 5.75 Å². The Morgan fingerprint density at radius 3 is 1.92 bits per heavy atom. The summed E-state index contributed by atoms with van der Waals surface area (Å²) in [5.74, 6) is 1.94. The van der Waals surface area contributed by atoms with Gasteiger partial charge in [-0.15, -0.1) is 5.41 Å². The van der Waals surface area contributed by atoms with Crippen molar-refractivity contribution in [2.24, 2.45) is 0 Å². The van der Waals surface area contributed by atoms with E-state index < -0.39 is 0 Å². The maximum absolute atomic E-state index is 5.72. The molecule has 1 atom stereocenters. The van der Waals surface area contributed by atoms with Gasteiger partial charge in [0.2, 0.25) is 0 Å². The second kappa shape index (κ2) is 13.6. The van der Waals surface area contributed by atoms with E-state index in [-0.39, 0.29) is 32.7 Å². The van der Waals surface area contributed by atoms with Crippen LogP contribution in [-0.2, 0) is 21.1 Å². The third kappa shape index (κ3) is 7.83. The molecule has 1 unspecified atom stereocenters. The Kier molecular flexibility index (Phi) is 11.0. The first kappa shape index (κ1) is 31.6. The molecule has 0 spiro atoms. The van der Waals surface area contributed by atoms with Crippen LogP contribution in [0.1, 0.15) is 103 Å². The van der Waals surface area contributed by atoms with Gasteiger partial charge in [-0.2, -0.15) is 0 Å². The van der Waals surface area contributed by atoms with Crippen molar-refractivity contribution in [1.29, 1.82) is 0 Å². The van der Waals surface area contributed by atoms with E-state index in [1.54, 1.807) is 0 Å². The van der Waals surface area contributed by atoms with Gasteiger partial charge in [0.05, 0.1) is 0 Å². The predicted octanol–water partition coefficient (Wildman–Crippen LogP) is 9.90. The number of halogens is 1. The smallest absolute Gasteiger partial charge is 0.0145 e. The summed E-state index contributed by atoms with van der Waals surface area (Å²) in [7, 11) is 5.72. The molecule has 1 aliphatic heterocycles. The van der Waals surface area contributed by atoms with Crippen LogP contribution in [0.4, 0.5) is 5.69 Å². The average molecular weight is 633 g/mol. The molecular weight excluding hydrogens is 587 g/mol. The Labute approximate surface area is 249 Å². The maximum Gasteiger partial charge on any atom is 0.0145 e. The van der Waals surface area contributed by atoms with E-state index in [0.29, 0.717) is 11.8 Å². The second-order valence-corrected chi connectivity index (χ2v) is 14.0. The molecular formula is C35H46ClNORu-. The van der Waals surface area contributed by atoms with E-state index in [1.807, 2.05) is 42.7 Å². The third-order valence-corrected chi connectivity index (χ3v) is 8.50. The van der Waals surface area contributed by atoms with Gasteiger partial charge in [0, 0.05) is 11.2 Å². The molecule has 3 aromatic rings. The predicted molar refractivity (Wildman–Crippen MR) is 167 cm³/mol. The molecule has 0 aliphatic carbocycles. The zero-order valence-corrected chi connectivity index (χ0v) is 27.6. The van der Waals surface area contributed by atoms with Crippen LogP contribution in [-0.4, -0.2) is 16.3 Å². The molecule has 2 nitrogen and oxygen atoms in total. The minimum atomic E-state index is -0.191. The molecule has 0 saturated carbocycles. The number of ether oxygens (including phenoxy) is 1. The molecule has 0 bridgehead atoms. The van der Waals surface area contributed by atoms with Gasteiger partial charge in [-0.1, -0.05) is 88.7 Å². The molecule has 1 aliphatic rings. The molecule has 0 aromatic heterocycles. The van der Waals surface area contributed by atoms with Crippen LogP contribution in [0.5, 0.6) is 5.75 Å². The van der Waals surface area contributed by atoms with Gasteiger partial charge in [-0.25, -0.2) is 6.54 Å². The van der Waals surface area contributed by atoms with E-state index in [4.69, 9.17) is 14.4 Å². The number of rotatable bonds is 7. The van der Waals surface area contributed by atoms with Gasteiger partial charge in [0.15, 0.2) is 0 Å². The van der Waals surface area contributed by atoms with Crippen molar-refractivity contribution in [3.63, 3.8) is 0 Å². The van der Waals surface area contributed by atoms with Gasteiger partial charge in [0.1, 0.15) is 0 Å². The average Bonchev–Trinajstić information content (AvgIpc) is 3.14. The minimum absolute atomic E-state index is 0.0586. The Morgan fingerprint density at radius 1 is 0.821 bits per heavy atom. The number of hydrogen-bond donors (Lipinski definition) is 0. The van der Waals surface area contributed by atoms with E-state index in [1.165, 1.54) is 22.4 Å². The quantitative estimate of drug-likeness (QED) is 0.190. The molecule has 213 valence electrons. The van der Waals surface area contributed by atoms with Crippen molar-refractivity contribution < 1.29 is 20.4 Å². The fourth-order valence-corrected chi connectivity index (χ4v) is 6.72. The van der Waals surface area contributed by atoms with Gasteiger partial charge >= 0.3 is 90.3 Å². The van der Waals surface area contributed by atoms with E-state index in [9.17, 15) is 0 Å². The fourth-order valence-electron chi connectivity index (χ4n) is 5.61. The first-order valence-corrected chi connectivity index (χ1v) is 17.3. The molecule has 4 heteroatoms. The summed E-state index contributed by atoms with van der Waals surface area (Å²) in [5, 5.41) is 0. The topological polar surface area (TPSA) is 12.5 Å². The number of nitrogens with zero attached hydrogens (tertiary/aromatic N) is 1. The van der Waals surface area contributed by atoms with Crippen LogP contribution in [0.25, 0.3) is 0 Å². The van der Waals surface area contributed by atoms with Crippen LogP contribution in [0, 0.1) is 6.54 Å². The van der Waals surface area contributed by atoms with Crippen molar-refractivity contribution in [3.05, 3.63) is 102 Å². The van der Waals surface area contributed by atoms with Gasteiger partial charge in [-0.05, 0) is 43.2 Å². The Bertz CT molecular complexity index is 1210. The standard InChI is InChI=1S/C25H34N.C10H12O.ClH.Ru/c1-18(2)21-14-11-15-22(19(3)4)23(21)26-17-25(7,16-24(26,5)6)20-12-9-8-10-13-20;1-8(2)11-10-7-5-4-6-9(10)3;;/h8-15,17-19H,16H2,1-7H3;3-8H,1-2H3;1H;/q-1;;;+1/p-1. The third-order valence-electron chi connectivity index (χ3n) is 7.31. The van der Waals surface area contributed by atoms with Crippen molar-refractivity contribution >= 4 is 20.0 Å². The zero-order chi connectivity index (χ0) is 28.8. The molecule has 39 heavy (non-hydrogen) atoms. The van der Waals surface area contributed by atoms with Crippen LogP contribution in [0.3, 0.4) is 0 Å². The molecule has 0 amide bonds. The summed E-state index contributed by atoms with van der Waals surface area (Å²) in [4.78, 5) is 2.59. The van der Waals surface area contributed by atoms with Crippen LogP contribution >= 0.6 is 9.69 Å². The first-order valence-electron chi connectivity index (χ1n) is 14.0. The summed E-state index contributed by atoms with van der Waals surface area (Å²) in [6.07, 6.45) is 1.33. The summed E-state index contributed by atoms with van der Waals surface area (Å²) < 4.78 is 7.66. The summed E-state index contributed by atoms with van der Waals surface area (Å²) >= 11 is -0.191. The fraction of sp³-hybridized carbons (Fsp3) is 0.429. The van der Waals surface area contributed by atoms with E-state index in [0.717, 1.165) is 17.7 Å². The van der Waals surface area contributed by atoms with E-state index in [2.05, 4.69) is 108 Å². The van der Waals surface area contributed by atoms with Crippen LogP contribution in [0.15, 0.2) is 72.8 Å². The molecule has 4 rings (SSSR count). The van der Waals surface area contributed by atoms with Gasteiger partial charge in [0.25, 0.3) is 0 Å².